The van der Waals surface area contributed by atoms with E-state index in [9.17, 15) is 0 Å². The predicted octanol–water partition coefficient (Wildman–Crippen LogP) is 7.02. The van der Waals surface area contributed by atoms with Gasteiger partial charge in [0.1, 0.15) is 11.6 Å². The van der Waals surface area contributed by atoms with Gasteiger partial charge in [-0.05, 0) is 83.4 Å². The first-order valence-electron chi connectivity index (χ1n) is 14.2. The second kappa shape index (κ2) is 9.20. The van der Waals surface area contributed by atoms with Crippen molar-refractivity contribution in [3.05, 3.63) is 84.6 Å². The molecule has 2 fully saturated rings. The molecule has 40 heavy (non-hydrogen) atoms. The number of imidazole rings is 2. The lowest BCUT2D eigenvalue weighted by Gasteiger charge is -2.22. The second-order valence-electron chi connectivity index (χ2n) is 12.0. The Balaban J connectivity index is 1.09. The molecule has 0 radical (unpaired) electrons. The van der Waals surface area contributed by atoms with Gasteiger partial charge in [-0.15, -0.1) is 0 Å². The SMILES string of the molecule is CS1(C)CN[C@H](c2nc3ccc4cc(-c5ccc6cc(-c7cnc([C@@H]8CCCN8)[nH]7)ccc6c5)ccc4c3[nH]2)C1. The van der Waals surface area contributed by atoms with E-state index in [1.807, 2.05) is 6.20 Å². The molecule has 7 heteroatoms. The summed E-state index contributed by atoms with van der Waals surface area (Å²) < 4.78 is 0. The maximum Gasteiger partial charge on any atom is 0.125 e. The molecular formula is C33H34N6S. The Hall–Kier alpha value is -3.65. The quantitative estimate of drug-likeness (QED) is 0.192. The van der Waals surface area contributed by atoms with E-state index in [4.69, 9.17) is 4.98 Å². The number of fused-ring (bicyclic) bond motifs is 4. The molecule has 2 aliphatic heterocycles. The summed E-state index contributed by atoms with van der Waals surface area (Å²) >= 11 is 0. The lowest BCUT2D eigenvalue weighted by molar-refractivity contribution is 0.613. The number of aromatic amines is 2. The van der Waals surface area contributed by atoms with E-state index in [2.05, 4.69) is 105 Å². The molecule has 0 amide bonds. The van der Waals surface area contributed by atoms with Gasteiger partial charge in [0.25, 0.3) is 0 Å². The summed E-state index contributed by atoms with van der Waals surface area (Å²) in [7, 11) is -0.572. The van der Waals surface area contributed by atoms with Crippen molar-refractivity contribution in [2.24, 2.45) is 0 Å². The molecule has 2 aliphatic rings. The van der Waals surface area contributed by atoms with Crippen LogP contribution in [0.2, 0.25) is 0 Å². The van der Waals surface area contributed by atoms with Crippen LogP contribution in [0.1, 0.15) is 36.6 Å². The van der Waals surface area contributed by atoms with Gasteiger partial charge in [0.15, 0.2) is 0 Å². The summed E-state index contributed by atoms with van der Waals surface area (Å²) in [5, 5.41) is 12.1. The van der Waals surface area contributed by atoms with Gasteiger partial charge < -0.3 is 15.3 Å². The van der Waals surface area contributed by atoms with Gasteiger partial charge >= 0.3 is 0 Å². The highest BCUT2D eigenvalue weighted by atomic mass is 32.3. The Labute approximate surface area is 235 Å². The number of nitrogens with zero attached hydrogens (tertiary/aromatic N) is 2. The first-order valence-corrected chi connectivity index (χ1v) is 17.0. The molecule has 0 bridgehead atoms. The van der Waals surface area contributed by atoms with Gasteiger partial charge in [0.2, 0.25) is 0 Å². The predicted molar refractivity (Wildman–Crippen MR) is 169 cm³/mol. The van der Waals surface area contributed by atoms with E-state index < -0.39 is 10.0 Å². The lowest BCUT2D eigenvalue weighted by atomic mass is 9.97. The molecule has 0 aliphatic carbocycles. The highest BCUT2D eigenvalue weighted by Crippen LogP contribution is 2.47. The van der Waals surface area contributed by atoms with Crippen LogP contribution in [0.4, 0.5) is 0 Å². The van der Waals surface area contributed by atoms with Crippen LogP contribution in [-0.4, -0.2) is 50.6 Å². The Kier molecular flexibility index (Phi) is 5.56. The van der Waals surface area contributed by atoms with Crippen molar-refractivity contribution in [2.45, 2.75) is 24.9 Å². The minimum absolute atomic E-state index is 0.324. The van der Waals surface area contributed by atoms with E-state index in [-0.39, 0.29) is 0 Å². The van der Waals surface area contributed by atoms with Crippen molar-refractivity contribution in [3.8, 4) is 22.4 Å². The number of H-pyrrole nitrogens is 2. The summed E-state index contributed by atoms with van der Waals surface area (Å²) in [4.78, 5) is 16.8. The third-order valence-electron chi connectivity index (χ3n) is 8.63. The maximum absolute atomic E-state index is 4.96. The average molecular weight is 547 g/mol. The van der Waals surface area contributed by atoms with E-state index in [1.54, 1.807) is 0 Å². The monoisotopic (exact) mass is 546 g/mol. The first-order chi connectivity index (χ1) is 19.5. The molecule has 202 valence electrons. The summed E-state index contributed by atoms with van der Waals surface area (Å²) in [6.45, 7) is 1.07. The van der Waals surface area contributed by atoms with Crippen LogP contribution < -0.4 is 10.6 Å². The number of nitrogens with one attached hydrogen (secondary N) is 4. The molecule has 0 spiro atoms. The Bertz CT molecular complexity index is 1890. The number of hydrogen-bond donors (Lipinski definition) is 4. The number of benzene rings is 4. The Morgan fingerprint density at radius 1 is 0.750 bits per heavy atom. The van der Waals surface area contributed by atoms with Gasteiger partial charge in [-0.1, -0.05) is 42.5 Å². The largest absolute Gasteiger partial charge is 0.341 e. The normalized spacial score (nSPS) is 21.6. The third kappa shape index (κ3) is 4.20. The molecule has 0 saturated carbocycles. The molecule has 2 saturated heterocycles. The van der Waals surface area contributed by atoms with Gasteiger partial charge in [-0.25, -0.2) is 20.0 Å². The van der Waals surface area contributed by atoms with E-state index in [0.717, 1.165) is 47.2 Å². The number of hydrogen-bond acceptors (Lipinski definition) is 4. The van der Waals surface area contributed by atoms with Crippen LogP contribution in [0.25, 0.3) is 55.0 Å². The molecule has 2 aromatic heterocycles. The van der Waals surface area contributed by atoms with Crippen LogP contribution >= 0.6 is 10.0 Å². The smallest absolute Gasteiger partial charge is 0.125 e. The van der Waals surface area contributed by atoms with E-state index in [1.165, 1.54) is 50.4 Å². The maximum atomic E-state index is 4.96. The molecule has 4 heterocycles. The molecule has 4 N–H and O–H groups in total. The molecule has 0 unspecified atom stereocenters. The second-order valence-corrected chi connectivity index (χ2v) is 16.1. The van der Waals surface area contributed by atoms with Crippen LogP contribution in [0.5, 0.6) is 0 Å². The van der Waals surface area contributed by atoms with Gasteiger partial charge in [0.05, 0.1) is 35.0 Å². The molecule has 8 rings (SSSR count). The van der Waals surface area contributed by atoms with Crippen LogP contribution in [0.15, 0.2) is 72.9 Å². The van der Waals surface area contributed by atoms with E-state index >= 15 is 0 Å². The van der Waals surface area contributed by atoms with Crippen molar-refractivity contribution in [1.82, 2.24) is 30.6 Å². The zero-order chi connectivity index (χ0) is 26.8. The Morgan fingerprint density at radius 2 is 1.50 bits per heavy atom. The first kappa shape index (κ1) is 24.2. The molecule has 6 nitrogen and oxygen atoms in total. The molecule has 6 aromatic rings. The van der Waals surface area contributed by atoms with Crippen molar-refractivity contribution >= 4 is 42.6 Å². The molecule has 2 atom stereocenters. The third-order valence-corrected chi connectivity index (χ3v) is 10.8. The fourth-order valence-electron chi connectivity index (χ4n) is 6.42. The summed E-state index contributed by atoms with van der Waals surface area (Å²) in [5.74, 6) is 4.40. The standard InChI is InChI=1S/C33H34N6S/c1-40(2)18-30(36-19-40)33-37-27-12-10-24-15-23(9-11-26(24)31(27)39-33)20-5-6-22-16-25(8-7-21(22)14-20)29-17-35-32(38-29)28-4-3-13-34-28/h5-12,14-17,28,30,34,36H,3-4,13,18-19H2,1-2H3,(H,35,38)(H,37,39)/t28-,30-/m0/s1. The van der Waals surface area contributed by atoms with Crippen LogP contribution in [0.3, 0.4) is 0 Å². The minimum atomic E-state index is -0.572. The number of rotatable bonds is 4. The average Bonchev–Trinajstić information content (AvgIpc) is 3.78. The number of aromatic nitrogens is 4. The molecule has 4 aromatic carbocycles. The topological polar surface area (TPSA) is 81.4 Å². The highest BCUT2D eigenvalue weighted by Gasteiger charge is 2.29. The zero-order valence-electron chi connectivity index (χ0n) is 22.9. The van der Waals surface area contributed by atoms with Crippen LogP contribution in [-0.2, 0) is 0 Å². The fraction of sp³-hybridized carbons (Fsp3) is 0.273. The lowest BCUT2D eigenvalue weighted by Crippen LogP contribution is -2.15. The zero-order valence-corrected chi connectivity index (χ0v) is 23.7. The summed E-state index contributed by atoms with van der Waals surface area (Å²) in [6.07, 6.45) is 9.12. The van der Waals surface area contributed by atoms with Crippen molar-refractivity contribution in [3.63, 3.8) is 0 Å². The summed E-state index contributed by atoms with van der Waals surface area (Å²) in [6, 6.07) is 25.2. The van der Waals surface area contributed by atoms with Crippen molar-refractivity contribution in [2.75, 3.05) is 30.7 Å². The van der Waals surface area contributed by atoms with Gasteiger partial charge in [-0.2, -0.15) is 0 Å². The van der Waals surface area contributed by atoms with Crippen LogP contribution in [0, 0.1) is 0 Å². The van der Waals surface area contributed by atoms with Crippen molar-refractivity contribution < 1.29 is 0 Å². The highest BCUT2D eigenvalue weighted by molar-refractivity contribution is 8.32. The van der Waals surface area contributed by atoms with Crippen molar-refractivity contribution in [1.29, 1.82) is 0 Å². The fourth-order valence-corrected chi connectivity index (χ4v) is 8.36. The summed E-state index contributed by atoms with van der Waals surface area (Å²) in [5.41, 5.74) is 6.88. The molecular weight excluding hydrogens is 512 g/mol. The Morgan fingerprint density at radius 3 is 2.27 bits per heavy atom. The van der Waals surface area contributed by atoms with E-state index in [0.29, 0.717) is 12.1 Å². The van der Waals surface area contributed by atoms with Gasteiger partial charge in [0, 0.05) is 22.6 Å². The van der Waals surface area contributed by atoms with Gasteiger partial charge in [-0.3, -0.25) is 5.32 Å². The minimum Gasteiger partial charge on any atom is -0.341 e.